The molecule has 3 atom stereocenters. The standard InChI is InChI=1S/C19H27FN4O2/c1-12-5-6-15(20)13(8-12)10-22-14-9-17-18(25)23-16(4-2-3-7-21)19(26)24(17)11-14/h5-6,8,14,16-17,22H,2-4,7,9-11,21H2,1H3,(H,23,25)/t14-,16-,17-/m0/s1. The van der Waals surface area contributed by atoms with Gasteiger partial charge in [-0.25, -0.2) is 4.39 Å². The van der Waals surface area contributed by atoms with Crippen LogP contribution in [0.4, 0.5) is 4.39 Å². The quantitative estimate of drug-likeness (QED) is 0.627. The molecule has 2 amide bonds. The monoisotopic (exact) mass is 362 g/mol. The molecular weight excluding hydrogens is 335 g/mol. The molecule has 6 nitrogen and oxygen atoms in total. The van der Waals surface area contributed by atoms with Crippen LogP contribution in [0.15, 0.2) is 18.2 Å². The van der Waals surface area contributed by atoms with Gasteiger partial charge in [0, 0.05) is 24.7 Å². The molecule has 0 unspecified atom stereocenters. The highest BCUT2D eigenvalue weighted by atomic mass is 19.1. The van der Waals surface area contributed by atoms with E-state index in [4.69, 9.17) is 5.73 Å². The summed E-state index contributed by atoms with van der Waals surface area (Å²) >= 11 is 0. The van der Waals surface area contributed by atoms with Crippen LogP contribution < -0.4 is 16.4 Å². The van der Waals surface area contributed by atoms with Crippen molar-refractivity contribution in [2.24, 2.45) is 5.73 Å². The predicted octanol–water partition coefficient (Wildman–Crippen LogP) is 0.821. The molecule has 2 saturated heterocycles. The van der Waals surface area contributed by atoms with Crippen LogP contribution in [0.2, 0.25) is 0 Å². The molecule has 26 heavy (non-hydrogen) atoms. The Kier molecular flexibility index (Phi) is 5.88. The van der Waals surface area contributed by atoms with E-state index in [1.807, 2.05) is 13.0 Å². The lowest BCUT2D eigenvalue weighted by molar-refractivity contribution is -0.147. The average molecular weight is 362 g/mol. The molecule has 2 aliphatic heterocycles. The van der Waals surface area contributed by atoms with E-state index in [1.54, 1.807) is 11.0 Å². The number of fused-ring (bicyclic) bond motifs is 1. The van der Waals surface area contributed by atoms with Crippen molar-refractivity contribution in [2.75, 3.05) is 13.1 Å². The van der Waals surface area contributed by atoms with E-state index >= 15 is 0 Å². The Balaban J connectivity index is 1.58. The van der Waals surface area contributed by atoms with Crippen LogP contribution in [-0.4, -0.2) is 47.9 Å². The van der Waals surface area contributed by atoms with E-state index in [0.29, 0.717) is 38.0 Å². The summed E-state index contributed by atoms with van der Waals surface area (Å²) in [7, 11) is 0. The number of nitrogens with two attached hydrogens (primary N) is 1. The Morgan fingerprint density at radius 1 is 1.35 bits per heavy atom. The van der Waals surface area contributed by atoms with Crippen LogP contribution in [0.25, 0.3) is 0 Å². The first-order valence-corrected chi connectivity index (χ1v) is 9.29. The third kappa shape index (κ3) is 4.04. The van der Waals surface area contributed by atoms with E-state index in [9.17, 15) is 14.0 Å². The predicted molar refractivity (Wildman–Crippen MR) is 96.7 cm³/mol. The number of hydrogen-bond donors (Lipinski definition) is 3. The summed E-state index contributed by atoms with van der Waals surface area (Å²) in [6.45, 7) is 3.38. The summed E-state index contributed by atoms with van der Waals surface area (Å²) in [6, 6.07) is 4.13. The van der Waals surface area contributed by atoms with Crippen molar-refractivity contribution in [1.82, 2.24) is 15.5 Å². The van der Waals surface area contributed by atoms with Crippen molar-refractivity contribution >= 4 is 11.8 Å². The number of unbranched alkanes of at least 4 members (excludes halogenated alkanes) is 1. The van der Waals surface area contributed by atoms with Gasteiger partial charge in [-0.2, -0.15) is 0 Å². The highest BCUT2D eigenvalue weighted by molar-refractivity contribution is 5.97. The van der Waals surface area contributed by atoms with Crippen molar-refractivity contribution in [3.63, 3.8) is 0 Å². The second-order valence-electron chi connectivity index (χ2n) is 7.26. The van der Waals surface area contributed by atoms with Gasteiger partial charge in [0.2, 0.25) is 11.8 Å². The van der Waals surface area contributed by atoms with Crippen molar-refractivity contribution in [3.8, 4) is 0 Å². The number of nitrogens with zero attached hydrogens (tertiary/aromatic N) is 1. The average Bonchev–Trinajstić information content (AvgIpc) is 3.05. The van der Waals surface area contributed by atoms with Gasteiger partial charge in [0.05, 0.1) is 0 Å². The second-order valence-corrected chi connectivity index (χ2v) is 7.26. The molecular formula is C19H27FN4O2. The lowest BCUT2D eigenvalue weighted by Gasteiger charge is -2.34. The molecule has 1 aromatic rings. The highest BCUT2D eigenvalue weighted by Crippen LogP contribution is 2.24. The molecule has 142 valence electrons. The Hall–Kier alpha value is -1.99. The molecule has 7 heteroatoms. The maximum absolute atomic E-state index is 13.9. The van der Waals surface area contributed by atoms with Gasteiger partial charge in [0.25, 0.3) is 0 Å². The smallest absolute Gasteiger partial charge is 0.245 e. The Morgan fingerprint density at radius 3 is 2.92 bits per heavy atom. The van der Waals surface area contributed by atoms with Gasteiger partial charge < -0.3 is 21.3 Å². The first kappa shape index (κ1) is 18.8. The Bertz CT molecular complexity index is 682. The van der Waals surface area contributed by atoms with Gasteiger partial charge in [-0.1, -0.05) is 17.7 Å². The summed E-state index contributed by atoms with van der Waals surface area (Å²) in [4.78, 5) is 26.7. The molecule has 0 bridgehead atoms. The zero-order valence-corrected chi connectivity index (χ0v) is 15.1. The fourth-order valence-electron chi connectivity index (χ4n) is 3.79. The number of halogens is 1. The number of hydrogen-bond acceptors (Lipinski definition) is 4. The van der Waals surface area contributed by atoms with E-state index in [1.165, 1.54) is 6.07 Å². The molecule has 1 aromatic carbocycles. The minimum Gasteiger partial charge on any atom is -0.343 e. The number of aryl methyl sites for hydroxylation is 1. The molecule has 2 aliphatic rings. The van der Waals surface area contributed by atoms with E-state index in [0.717, 1.165) is 18.4 Å². The molecule has 0 saturated carbocycles. The lowest BCUT2D eigenvalue weighted by atomic mass is 10.0. The molecule has 4 N–H and O–H groups in total. The normalized spacial score (nSPS) is 25.3. The summed E-state index contributed by atoms with van der Waals surface area (Å²) in [5.74, 6) is -0.348. The summed E-state index contributed by atoms with van der Waals surface area (Å²) in [6.07, 6.45) is 2.84. The zero-order valence-electron chi connectivity index (χ0n) is 15.1. The fraction of sp³-hybridized carbons (Fsp3) is 0.579. The summed E-state index contributed by atoms with van der Waals surface area (Å²) in [5, 5.41) is 6.15. The van der Waals surface area contributed by atoms with E-state index < -0.39 is 12.1 Å². The maximum Gasteiger partial charge on any atom is 0.245 e. The number of nitrogens with one attached hydrogen (secondary N) is 2. The van der Waals surface area contributed by atoms with Crippen LogP contribution in [0.3, 0.4) is 0 Å². The number of carbonyl (C=O) groups excluding carboxylic acids is 2. The minimum absolute atomic E-state index is 0.0161. The lowest BCUT2D eigenvalue weighted by Crippen LogP contribution is -2.61. The molecule has 0 aromatic heterocycles. The van der Waals surface area contributed by atoms with Crippen molar-refractivity contribution in [1.29, 1.82) is 0 Å². The van der Waals surface area contributed by atoms with Crippen molar-refractivity contribution < 1.29 is 14.0 Å². The Morgan fingerprint density at radius 2 is 2.15 bits per heavy atom. The number of benzene rings is 1. The van der Waals surface area contributed by atoms with E-state index in [-0.39, 0.29) is 23.7 Å². The SMILES string of the molecule is Cc1ccc(F)c(CN[C@H]2C[C@H]3C(=O)N[C@@H](CCCCN)C(=O)N3C2)c1. The molecule has 2 fully saturated rings. The fourth-order valence-corrected chi connectivity index (χ4v) is 3.79. The van der Waals surface area contributed by atoms with Crippen LogP contribution >= 0.6 is 0 Å². The second kappa shape index (κ2) is 8.14. The van der Waals surface area contributed by atoms with Crippen molar-refractivity contribution in [3.05, 3.63) is 35.1 Å². The zero-order chi connectivity index (χ0) is 18.7. The van der Waals surface area contributed by atoms with E-state index in [2.05, 4.69) is 10.6 Å². The third-order valence-corrected chi connectivity index (χ3v) is 5.23. The number of piperazine rings is 1. The first-order chi connectivity index (χ1) is 12.5. The van der Waals surface area contributed by atoms with Gasteiger partial charge in [0.15, 0.2) is 0 Å². The summed E-state index contributed by atoms with van der Waals surface area (Å²) < 4.78 is 13.9. The third-order valence-electron chi connectivity index (χ3n) is 5.23. The Labute approximate surface area is 153 Å². The first-order valence-electron chi connectivity index (χ1n) is 9.29. The van der Waals surface area contributed by atoms with Gasteiger partial charge >= 0.3 is 0 Å². The largest absolute Gasteiger partial charge is 0.343 e. The van der Waals surface area contributed by atoms with Gasteiger partial charge in [0.1, 0.15) is 17.9 Å². The molecule has 0 radical (unpaired) electrons. The molecule has 0 aliphatic carbocycles. The van der Waals surface area contributed by atoms with Crippen LogP contribution in [0.5, 0.6) is 0 Å². The number of amides is 2. The highest BCUT2D eigenvalue weighted by Gasteiger charge is 2.45. The van der Waals surface area contributed by atoms with Gasteiger partial charge in [-0.15, -0.1) is 0 Å². The molecule has 3 rings (SSSR count). The van der Waals surface area contributed by atoms with Gasteiger partial charge in [-0.3, -0.25) is 9.59 Å². The number of carbonyl (C=O) groups is 2. The molecule has 2 heterocycles. The number of rotatable bonds is 7. The topological polar surface area (TPSA) is 87.5 Å². The minimum atomic E-state index is -0.446. The van der Waals surface area contributed by atoms with Crippen LogP contribution in [0.1, 0.15) is 36.8 Å². The van der Waals surface area contributed by atoms with Crippen molar-refractivity contribution in [2.45, 2.75) is 57.3 Å². The molecule has 0 spiro atoms. The summed E-state index contributed by atoms with van der Waals surface area (Å²) in [5.41, 5.74) is 7.10. The van der Waals surface area contributed by atoms with Crippen LogP contribution in [-0.2, 0) is 16.1 Å². The van der Waals surface area contributed by atoms with Gasteiger partial charge in [-0.05, 0) is 45.2 Å². The van der Waals surface area contributed by atoms with Crippen LogP contribution in [0, 0.1) is 12.7 Å². The maximum atomic E-state index is 13.9.